The van der Waals surface area contributed by atoms with Gasteiger partial charge in [0.05, 0.1) is 105 Å². The molecule has 0 spiro atoms. The van der Waals surface area contributed by atoms with Crippen LogP contribution >= 0.6 is 7.82 Å². The molecule has 6 aliphatic heterocycles. The molecule has 0 aromatic carbocycles. The molecule has 6 saturated heterocycles. The van der Waals surface area contributed by atoms with E-state index in [1.165, 1.54) is 14.2 Å². The van der Waals surface area contributed by atoms with E-state index in [2.05, 4.69) is 20.9 Å². The summed E-state index contributed by atoms with van der Waals surface area (Å²) < 4.78 is 32.6. The fraction of sp³-hybridized carbons (Fsp3) is 0.524. The first-order valence-corrected chi connectivity index (χ1v) is 25.1. The van der Waals surface area contributed by atoms with Gasteiger partial charge in [0, 0.05) is 47.8 Å². The van der Waals surface area contributed by atoms with E-state index in [1.807, 2.05) is 31.9 Å². The first-order valence-electron chi connectivity index (χ1n) is 23.6. The number of nitrogens with zero attached hydrogens (tertiary/aromatic N) is 2. The van der Waals surface area contributed by atoms with Crippen LogP contribution in [-0.4, -0.2) is 256 Å². The molecule has 6 rings (SSSR count). The van der Waals surface area contributed by atoms with Gasteiger partial charge in [-0.15, -0.1) is 0 Å². The molecule has 0 saturated carbocycles. The van der Waals surface area contributed by atoms with Gasteiger partial charge >= 0.3 is 48.4 Å². The molecule has 2 radical (unpaired) electrons. The summed E-state index contributed by atoms with van der Waals surface area (Å²) in [7, 11) is -2.49. The van der Waals surface area contributed by atoms with Gasteiger partial charge in [-0.3, -0.25) is 59.8 Å². The van der Waals surface area contributed by atoms with Gasteiger partial charge in [-0.25, -0.2) is 28.8 Å². The zero-order valence-electron chi connectivity index (χ0n) is 48.8. The second kappa shape index (κ2) is 49.3. The summed E-state index contributed by atoms with van der Waals surface area (Å²) in [5, 5.41) is 122. The first-order chi connectivity index (χ1) is 42.1. The number of ether oxygens (including phenoxy) is 4. The number of imide groups is 4. The number of aliphatic hydroxyl groups excluding tert-OH is 4. The smallest absolute Gasteiger partial charge is 0.407 e. The molecule has 0 aromatic heterocycles. The van der Waals surface area contributed by atoms with Crippen LogP contribution in [0.2, 0.25) is 0 Å². The zero-order chi connectivity index (χ0) is 71.0. The number of nitrogens with two attached hydrogens (primary N) is 2. The number of hydrogen-bond donors (Lipinski definition) is 14. The Kier molecular flexibility index (Phi) is 51.5. The fourth-order valence-corrected chi connectivity index (χ4v) is 7.17. The average molecular weight is 1510 g/mol. The van der Waals surface area contributed by atoms with Crippen LogP contribution in [0.25, 0.3) is 0 Å². The monoisotopic (exact) mass is 1510 g/mol. The number of carbonyl (C=O) groups is 17. The van der Waals surface area contributed by atoms with E-state index < -0.39 is 202 Å². The van der Waals surface area contributed by atoms with E-state index in [0.29, 0.717) is 9.80 Å². The van der Waals surface area contributed by atoms with E-state index in [-0.39, 0.29) is 92.6 Å². The number of phosphoric ester groups is 1. The molecule has 0 bridgehead atoms. The summed E-state index contributed by atoms with van der Waals surface area (Å²) in [6.07, 6.45) is -14.2. The SMILES string of the molecule is COC[C@H]1O[C@@H](N2C(=O)NC(=O)CC2C(=O)[O-])C(O)[C@H]1O.COC[C@H]1O[C@@H](N2C(=O)NC(=O)CC2C(=O)[O-])C(O)[C@H]1O.NC(=O)NC(CC(=O)O)C(=O)[O-].NC(=O)OP(=O)([O-])[O-].O.O=C1CC(C(=O)[O-])NC(=O)N1.O=C1CC(C(=O)[O-])NC(=O)N1.O=C=O.O=CO[O-].[CH3-].[CH3-].[Co].[Co]. The van der Waals surface area contributed by atoms with Gasteiger partial charge < -0.3 is 171 Å². The molecule has 554 valence electrons. The maximum atomic E-state index is 11.8. The summed E-state index contributed by atoms with van der Waals surface area (Å²) in [5.74, 6) is -12.0. The van der Waals surface area contributed by atoms with Crippen LogP contribution in [0.5, 0.6) is 0 Å². The normalized spacial score (nSPS) is 24.2. The number of amides is 15. The molecule has 6 heterocycles. The topological polar surface area (TPSA) is 857 Å². The third kappa shape index (κ3) is 37.0. The van der Waals surface area contributed by atoms with Crippen LogP contribution in [-0.2, 0) is 129 Å². The number of primary amides is 2. The van der Waals surface area contributed by atoms with Crippen molar-refractivity contribution in [3.63, 3.8) is 0 Å². The van der Waals surface area contributed by atoms with Crippen molar-refractivity contribution in [1.29, 1.82) is 0 Å². The second-order valence-corrected chi connectivity index (χ2v) is 18.0. The van der Waals surface area contributed by atoms with Gasteiger partial charge in [-0.1, -0.05) is 0 Å². The fourth-order valence-electron chi connectivity index (χ4n) is 6.95. The van der Waals surface area contributed by atoms with E-state index in [1.54, 1.807) is 5.32 Å². The minimum absolute atomic E-state index is 0. The predicted octanol–water partition coefficient (Wildman–Crippen LogP) is -20.0. The summed E-state index contributed by atoms with van der Waals surface area (Å²) in [4.78, 5) is 218. The summed E-state index contributed by atoms with van der Waals surface area (Å²) in [6.45, 7) is -0.293. The maximum Gasteiger partial charge on any atom is 0.407 e. The van der Waals surface area contributed by atoms with Gasteiger partial charge in [-0.05, 0) is 0 Å². The van der Waals surface area contributed by atoms with E-state index >= 15 is 0 Å². The number of rotatable bonds is 16. The third-order valence-electron chi connectivity index (χ3n) is 10.5. The molecule has 0 aliphatic carbocycles. The van der Waals surface area contributed by atoms with Gasteiger partial charge in [0.25, 0.3) is 6.47 Å². The Hall–Kier alpha value is -9.27. The molecule has 6 fully saturated rings. The number of hydrogen-bond acceptors (Lipinski definition) is 38. The standard InChI is InChI=1S/2C11H16N2O8.C5H8N2O5.2C5H6N2O4.CH4NO5P.CH2O3.CO2.2CH3.2Co.H2O/c2*1-20-3-5-7(15)8(16)9(21-5)13-4(10(17)18)2-6(14)12-11(13)19;6-5(12)7-2(4(10)11)1-3(8)9;2*8-3-1-2(4(9)10)6-5(11)7-3;2-1(3)7-8(4,5)6;2-1-4-3;2-1-3;;;;;/h2*4-5,7-9,15-16H,2-3H2,1H3,(H,17,18)(H,12,14,19);2H,1H2,(H,8,9)(H,10,11)(H3,6,7,12);2*2H,1H2,(H,9,10)(H2,6,7,8,11);(H2,2,3)(H2,4,5,6);1,3H;;2*1H3;;;1H2/q;;;;;;;;2*-1;;;/p-8/t2*4?,5-,7+,8?,9-;;;;;;;;;;;/m11.........../s1. The Morgan fingerprint density at radius 1 is 0.646 bits per heavy atom. The predicted molar refractivity (Wildman–Crippen MR) is 263 cm³/mol. The van der Waals surface area contributed by atoms with Gasteiger partial charge in [0.15, 0.2) is 12.5 Å². The number of methoxy groups -OCH3 is 2. The van der Waals surface area contributed by atoms with Crippen molar-refractivity contribution in [2.75, 3.05) is 27.4 Å². The van der Waals surface area contributed by atoms with Crippen molar-refractivity contribution in [2.24, 2.45) is 11.5 Å². The Bertz CT molecular complexity index is 2580. The molecule has 6 aliphatic rings. The van der Waals surface area contributed by atoms with Crippen LogP contribution in [0.1, 0.15) is 32.1 Å². The number of nitrogens with one attached hydrogen (secondary N) is 7. The Morgan fingerprint density at radius 2 is 0.958 bits per heavy atom. The molecule has 51 nitrogen and oxygen atoms in total. The van der Waals surface area contributed by atoms with Crippen molar-refractivity contribution >= 4 is 116 Å². The van der Waals surface area contributed by atoms with Crippen molar-refractivity contribution < 1.29 is 229 Å². The van der Waals surface area contributed by atoms with Crippen molar-refractivity contribution in [3.05, 3.63) is 14.9 Å². The third-order valence-corrected chi connectivity index (χ3v) is 10.9. The van der Waals surface area contributed by atoms with Gasteiger partial charge in [0.2, 0.25) is 23.6 Å². The minimum Gasteiger partial charge on any atom is -0.780 e. The van der Waals surface area contributed by atoms with E-state index in [4.69, 9.17) is 43.7 Å². The van der Waals surface area contributed by atoms with Crippen LogP contribution < -0.4 is 89.3 Å². The molecule has 18 N–H and O–H groups in total. The van der Waals surface area contributed by atoms with E-state index in [0.717, 1.165) is 0 Å². The van der Waals surface area contributed by atoms with Crippen LogP contribution in [0.3, 0.4) is 0 Å². The number of phosphoric acid groups is 1. The van der Waals surface area contributed by atoms with Crippen LogP contribution in [0.15, 0.2) is 0 Å². The minimum atomic E-state index is -5.20. The van der Waals surface area contributed by atoms with Gasteiger partial charge in [0.1, 0.15) is 44.4 Å². The maximum absolute atomic E-state index is 11.8. The van der Waals surface area contributed by atoms with E-state index in [9.17, 15) is 137 Å². The summed E-state index contributed by atoms with van der Waals surface area (Å²) in [6, 6.07) is -11.9. The molecule has 15 amide bonds. The number of aliphatic hydroxyl groups is 4. The number of carboxylic acids is 6. The Morgan fingerprint density at radius 3 is 1.17 bits per heavy atom. The molecule has 0 aromatic rings. The number of carboxylic acid groups (broad SMARTS) is 6. The number of carbonyl (C=O) groups excluding carboxylic acids is 18. The molecule has 7 unspecified atom stereocenters. The average Bonchev–Trinajstić information content (AvgIpc) is 1.58. The van der Waals surface area contributed by atoms with Crippen LogP contribution in [0, 0.1) is 14.9 Å². The van der Waals surface area contributed by atoms with Crippen LogP contribution in [0.4, 0.5) is 28.8 Å². The summed E-state index contributed by atoms with van der Waals surface area (Å²) in [5.41, 5.74) is 8.72. The molecule has 13 atom stereocenters. The largest absolute Gasteiger partial charge is 0.780 e. The number of urea groups is 5. The number of aliphatic carboxylic acids is 6. The quantitative estimate of drug-likeness (QED) is 0.0224. The van der Waals surface area contributed by atoms with Crippen molar-refractivity contribution in [2.45, 2.75) is 111 Å². The van der Waals surface area contributed by atoms with Gasteiger partial charge in [-0.2, -0.15) is 9.59 Å². The second-order valence-electron chi connectivity index (χ2n) is 16.9. The van der Waals surface area contributed by atoms with Crippen molar-refractivity contribution in [1.82, 2.24) is 47.0 Å². The molecular weight excluding hydrogens is 1450 g/mol. The Balaban J connectivity index is -0.000000198. The Labute approximate surface area is 555 Å². The molecule has 54 heteroatoms. The van der Waals surface area contributed by atoms with Crippen molar-refractivity contribution in [3.8, 4) is 0 Å². The zero-order valence-corrected chi connectivity index (χ0v) is 51.8. The molecular formula is C42H58Co2N11O40P-10. The first kappa shape index (κ1) is 100. The summed E-state index contributed by atoms with van der Waals surface area (Å²) >= 11 is 0. The molecule has 96 heavy (non-hydrogen) atoms.